The van der Waals surface area contributed by atoms with Gasteiger partial charge in [0.15, 0.2) is 5.69 Å². The molecule has 0 aliphatic rings. The van der Waals surface area contributed by atoms with Crippen LogP contribution in [0.25, 0.3) is 11.4 Å². The Morgan fingerprint density at radius 1 is 1.20 bits per heavy atom. The molecule has 4 rings (SSSR count). The van der Waals surface area contributed by atoms with E-state index in [1.54, 1.807) is 42.5 Å². The fourth-order valence-electron chi connectivity index (χ4n) is 3.36. The first-order chi connectivity index (χ1) is 16.9. The molecule has 4 aromatic rings. The third kappa shape index (κ3) is 5.44. The highest BCUT2D eigenvalue weighted by Crippen LogP contribution is 2.23. The van der Waals surface area contributed by atoms with Gasteiger partial charge in [-0.1, -0.05) is 17.7 Å². The van der Waals surface area contributed by atoms with Crippen molar-refractivity contribution in [1.29, 1.82) is 0 Å². The predicted octanol–water partition coefficient (Wildman–Crippen LogP) is 4.57. The van der Waals surface area contributed by atoms with E-state index >= 15 is 0 Å². The van der Waals surface area contributed by atoms with E-state index in [2.05, 4.69) is 19.9 Å². The van der Waals surface area contributed by atoms with Crippen LogP contribution in [-0.2, 0) is 0 Å². The number of aryl methyl sites for hydroxylation is 1. The molecule has 0 atom stereocenters. The number of nitrogens with zero attached hydrogens (tertiary/aromatic N) is 5. The van der Waals surface area contributed by atoms with Gasteiger partial charge in [0, 0.05) is 23.4 Å². The minimum atomic E-state index is -2.97. The topological polar surface area (TPSA) is 100 Å². The fourth-order valence-corrected chi connectivity index (χ4v) is 3.54. The van der Waals surface area contributed by atoms with E-state index in [4.69, 9.17) is 17.3 Å². The lowest BCUT2D eigenvalue weighted by Crippen LogP contribution is -2.20. The Morgan fingerprint density at radius 2 is 2.03 bits per heavy atom. The highest BCUT2D eigenvalue weighted by molar-refractivity contribution is 6.30. The van der Waals surface area contributed by atoms with E-state index in [0.717, 1.165) is 5.56 Å². The highest BCUT2D eigenvalue weighted by Gasteiger charge is 2.14. The van der Waals surface area contributed by atoms with Crippen molar-refractivity contribution in [2.45, 2.75) is 13.5 Å². The molecule has 0 aliphatic heterocycles. The van der Waals surface area contributed by atoms with Crippen LogP contribution in [0.15, 0.2) is 89.1 Å². The number of aliphatic imine (C=N–C) groups is 1. The predicted molar refractivity (Wildman–Crippen MR) is 129 cm³/mol. The molecule has 0 amide bonds. The maximum atomic E-state index is 12.7. The van der Waals surface area contributed by atoms with Gasteiger partial charge >= 0.3 is 6.61 Å². The van der Waals surface area contributed by atoms with Crippen LogP contribution in [0.2, 0.25) is 5.02 Å². The van der Waals surface area contributed by atoms with Crippen LogP contribution < -0.4 is 15.9 Å². The lowest BCUT2D eigenvalue weighted by atomic mass is 10.1. The Morgan fingerprint density at radius 3 is 2.74 bits per heavy atom. The molecule has 0 bridgehead atoms. The van der Waals surface area contributed by atoms with Crippen molar-refractivity contribution in [2.75, 3.05) is 0 Å². The molecule has 0 unspecified atom stereocenters. The van der Waals surface area contributed by atoms with Gasteiger partial charge in [-0.15, -0.1) is 0 Å². The summed E-state index contributed by atoms with van der Waals surface area (Å²) in [5.74, 6) is -0.0913. The van der Waals surface area contributed by atoms with E-state index in [-0.39, 0.29) is 22.7 Å². The smallest absolute Gasteiger partial charge is 0.388 e. The molecule has 0 spiro atoms. The summed E-state index contributed by atoms with van der Waals surface area (Å²) in [5, 5.41) is 9.02. The van der Waals surface area contributed by atoms with Gasteiger partial charge in [-0.05, 0) is 61.2 Å². The summed E-state index contributed by atoms with van der Waals surface area (Å²) >= 11 is 6.04. The lowest BCUT2D eigenvalue weighted by Gasteiger charge is -2.13. The third-order valence-electron chi connectivity index (χ3n) is 4.85. The largest absolute Gasteiger partial charge is 0.417 e. The van der Waals surface area contributed by atoms with Crippen LogP contribution in [0.4, 0.5) is 14.5 Å². The van der Waals surface area contributed by atoms with Crippen LogP contribution in [0.5, 0.6) is 5.88 Å². The van der Waals surface area contributed by atoms with Crippen LogP contribution in [0.3, 0.4) is 0 Å². The fraction of sp³-hybridized carbons (Fsp3) is 0.0833. The number of ether oxygens (including phenoxy) is 1. The van der Waals surface area contributed by atoms with Crippen molar-refractivity contribution in [3.63, 3.8) is 0 Å². The monoisotopic (exact) mass is 496 g/mol. The normalized spacial score (nSPS) is 12.0. The van der Waals surface area contributed by atoms with Crippen molar-refractivity contribution in [3.05, 3.63) is 106 Å². The van der Waals surface area contributed by atoms with Crippen molar-refractivity contribution >= 4 is 23.0 Å². The minimum Gasteiger partial charge on any atom is -0.417 e. The molecule has 2 aromatic heterocycles. The van der Waals surface area contributed by atoms with Crippen molar-refractivity contribution in [3.8, 4) is 17.3 Å². The van der Waals surface area contributed by atoms with Gasteiger partial charge in [0.05, 0.1) is 29.0 Å². The molecule has 2 heterocycles. The molecular weight excluding hydrogens is 478 g/mol. The van der Waals surface area contributed by atoms with Crippen LogP contribution >= 0.6 is 11.6 Å². The quantitative estimate of drug-likeness (QED) is 0.378. The Labute approximate surface area is 203 Å². The van der Waals surface area contributed by atoms with Crippen molar-refractivity contribution in [1.82, 2.24) is 19.6 Å². The molecule has 0 saturated heterocycles. The van der Waals surface area contributed by atoms with Crippen LogP contribution in [-0.4, -0.2) is 31.9 Å². The van der Waals surface area contributed by atoms with Gasteiger partial charge in [0.2, 0.25) is 11.3 Å². The number of alkyl halides is 2. The van der Waals surface area contributed by atoms with Crippen molar-refractivity contribution < 1.29 is 13.5 Å². The number of benzene rings is 2. The molecule has 0 aliphatic carbocycles. The van der Waals surface area contributed by atoms with Gasteiger partial charge in [0.25, 0.3) is 0 Å². The third-order valence-corrected chi connectivity index (χ3v) is 5.09. The van der Waals surface area contributed by atoms with E-state index in [1.165, 1.54) is 46.2 Å². The standard InChI is InChI=1S/C24H19ClF2N6O2/c1-15-13-18(33-22(8-11-29-33)35-24(26)27)5-6-20(15)32-12-9-21(34)23(31-32)19(7-10-28)30-17-4-2-3-16(25)14-17/h2-14,24H,28H2,1H3. The number of nitrogens with two attached hydrogens (primary N) is 1. The van der Waals surface area contributed by atoms with Gasteiger partial charge in [-0.3, -0.25) is 4.79 Å². The van der Waals surface area contributed by atoms with E-state index in [1.807, 2.05) is 6.92 Å². The maximum Gasteiger partial charge on any atom is 0.388 e. The van der Waals surface area contributed by atoms with E-state index < -0.39 is 6.61 Å². The Hall–Kier alpha value is -4.31. The van der Waals surface area contributed by atoms with E-state index in [9.17, 15) is 13.6 Å². The van der Waals surface area contributed by atoms with Gasteiger partial charge in [-0.25, -0.2) is 14.4 Å². The average Bonchev–Trinajstić information content (AvgIpc) is 3.27. The molecule has 11 heteroatoms. The summed E-state index contributed by atoms with van der Waals surface area (Å²) in [6, 6.07) is 14.7. The minimum absolute atomic E-state index is 0.0809. The Balaban J connectivity index is 1.74. The van der Waals surface area contributed by atoms with Gasteiger partial charge in [-0.2, -0.15) is 19.0 Å². The summed E-state index contributed by atoms with van der Waals surface area (Å²) in [4.78, 5) is 17.1. The van der Waals surface area contributed by atoms with Gasteiger partial charge < -0.3 is 10.5 Å². The highest BCUT2D eigenvalue weighted by atomic mass is 35.5. The molecule has 8 nitrogen and oxygen atoms in total. The molecule has 0 fully saturated rings. The van der Waals surface area contributed by atoms with Gasteiger partial charge in [0.1, 0.15) is 0 Å². The first kappa shape index (κ1) is 23.8. The lowest BCUT2D eigenvalue weighted by molar-refractivity contribution is -0.0544. The summed E-state index contributed by atoms with van der Waals surface area (Å²) in [6.45, 7) is -1.16. The number of hydrogen-bond acceptors (Lipinski definition) is 6. The SMILES string of the molecule is Cc1cc(-n2nccc2OC(F)F)ccc1-n1ccc(=O)c(C(C=CN)=Nc2cccc(Cl)c2)n1. The molecule has 0 radical (unpaired) electrons. The second-order valence-electron chi connectivity index (χ2n) is 7.24. The summed E-state index contributed by atoms with van der Waals surface area (Å²) < 4.78 is 32.6. The number of hydrogen-bond donors (Lipinski definition) is 1. The summed E-state index contributed by atoms with van der Waals surface area (Å²) in [5.41, 5.74) is 8.02. The zero-order valence-electron chi connectivity index (χ0n) is 18.3. The average molecular weight is 497 g/mol. The zero-order chi connectivity index (χ0) is 24.9. The molecular formula is C24H19ClF2N6O2. The first-order valence-corrected chi connectivity index (χ1v) is 10.7. The number of aromatic nitrogens is 4. The number of rotatable bonds is 7. The van der Waals surface area contributed by atoms with E-state index in [0.29, 0.717) is 22.1 Å². The number of halogens is 3. The second kappa shape index (κ2) is 10.3. The van der Waals surface area contributed by atoms with Crippen LogP contribution in [0, 0.1) is 6.92 Å². The Bertz CT molecular complexity index is 1480. The van der Waals surface area contributed by atoms with Crippen molar-refractivity contribution in [2.24, 2.45) is 10.7 Å². The number of allylic oxidation sites excluding steroid dienone is 1. The Kier molecular flexibility index (Phi) is 7.02. The molecule has 0 saturated carbocycles. The maximum absolute atomic E-state index is 12.7. The molecule has 2 N–H and O–H groups in total. The summed E-state index contributed by atoms with van der Waals surface area (Å²) in [7, 11) is 0. The zero-order valence-corrected chi connectivity index (χ0v) is 19.1. The molecule has 178 valence electrons. The molecule has 2 aromatic carbocycles. The van der Waals surface area contributed by atoms with Crippen LogP contribution in [0.1, 0.15) is 11.3 Å². The molecule has 35 heavy (non-hydrogen) atoms. The summed E-state index contributed by atoms with van der Waals surface area (Å²) in [6.07, 6.45) is 5.64. The second-order valence-corrected chi connectivity index (χ2v) is 7.68. The first-order valence-electron chi connectivity index (χ1n) is 10.3.